The van der Waals surface area contributed by atoms with E-state index in [4.69, 9.17) is 61.8 Å². The third-order valence-corrected chi connectivity index (χ3v) is 3.50. The van der Waals surface area contributed by atoms with Gasteiger partial charge in [0.15, 0.2) is 11.9 Å². The van der Waals surface area contributed by atoms with Crippen molar-refractivity contribution >= 4 is 76.0 Å². The summed E-state index contributed by atoms with van der Waals surface area (Å²) in [7, 11) is 0.500. The first kappa shape index (κ1) is 48.1. The van der Waals surface area contributed by atoms with Crippen molar-refractivity contribution in [2.24, 2.45) is 5.73 Å². The fraction of sp³-hybridized carbons (Fsp3) is 0.429. The maximum atomic E-state index is 10.7. The first-order valence-corrected chi connectivity index (χ1v) is 10.6. The normalized spacial score (nSPS) is 15.2. The largest absolute Gasteiger partial charge is 3.00 e. The Morgan fingerprint density at radius 1 is 1.27 bits per heavy atom. The zero-order valence-corrected chi connectivity index (χ0v) is 25.7. The van der Waals surface area contributed by atoms with E-state index in [1.165, 1.54) is 6.08 Å². The van der Waals surface area contributed by atoms with Crippen molar-refractivity contribution in [1.29, 1.82) is 0 Å². The monoisotopic (exact) mass is 753 g/mol. The third kappa shape index (κ3) is 41.4. The predicted molar refractivity (Wildman–Crippen MR) is 134 cm³/mol. The molecule has 23 heteroatoms. The molecule has 0 saturated heterocycles. The summed E-state index contributed by atoms with van der Waals surface area (Å²) in [5, 5.41) is 56.8. The van der Waals surface area contributed by atoms with Crippen LogP contribution in [0.5, 0.6) is 0 Å². The quantitative estimate of drug-likeness (QED) is 0.0598. The number of esters is 1. The first-order chi connectivity index (χ1) is 16.5. The summed E-state index contributed by atoms with van der Waals surface area (Å²) in [4.78, 5) is 39.4. The summed E-state index contributed by atoms with van der Waals surface area (Å²) in [5.41, 5.74) is 4.95. The van der Waals surface area contributed by atoms with Crippen molar-refractivity contribution in [2.45, 2.75) is 20.0 Å². The molecule has 1 atom stereocenters. The fourth-order valence-electron chi connectivity index (χ4n) is 1.18. The van der Waals surface area contributed by atoms with Gasteiger partial charge in [0.25, 0.3) is 10.2 Å². The summed E-state index contributed by atoms with van der Waals surface area (Å²) < 4.78 is 19.7. The molecule has 37 heavy (non-hydrogen) atoms. The number of carbonyl (C=O) groups is 2. The first-order valence-electron chi connectivity index (χ1n) is 8.25. The molecule has 18 nitrogen and oxygen atoms in total. The Morgan fingerprint density at radius 2 is 1.59 bits per heavy atom. The Morgan fingerprint density at radius 3 is 1.68 bits per heavy atom. The molecule has 8 N–H and O–H groups in total. The smallest absolute Gasteiger partial charge is 0.566 e. The number of aliphatic hydroxyl groups is 1. The SMILES string of the molecule is CC1=C(O)C(=O)C(C)O1.CF.NCCS.O=C1C=C(Br)/C(=C/Br)O1.O=[N+]([O-])O.O=[N+]([O-])O.[Ga+3].[HH].[O-][NH+](O)O. The molecule has 2 aliphatic rings. The van der Waals surface area contributed by atoms with Crippen LogP contribution in [0.25, 0.3) is 0 Å². The van der Waals surface area contributed by atoms with Gasteiger partial charge in [-0.25, -0.2) is 4.79 Å². The van der Waals surface area contributed by atoms with Gasteiger partial charge in [-0.2, -0.15) is 23.0 Å². The number of quaternary nitrogens is 1. The molecule has 0 amide bonds. The maximum absolute atomic E-state index is 10.7. The minimum atomic E-state index is -1.83. The van der Waals surface area contributed by atoms with Gasteiger partial charge >= 0.3 is 25.8 Å². The second kappa shape index (κ2) is 32.1. The molecule has 0 radical (unpaired) electrons. The van der Waals surface area contributed by atoms with E-state index < -0.39 is 21.7 Å². The number of thiol groups is 1. The predicted octanol–water partition coefficient (Wildman–Crippen LogP) is 0.600. The van der Waals surface area contributed by atoms with Gasteiger partial charge in [-0.05, 0) is 29.8 Å². The number of hydrogen-bond donors (Lipinski definition) is 8. The van der Waals surface area contributed by atoms with E-state index >= 15 is 0 Å². The number of hydrogen-bond acceptors (Lipinski definition) is 14. The summed E-state index contributed by atoms with van der Waals surface area (Å²) in [6.07, 6.45) is 0.873. The summed E-state index contributed by atoms with van der Waals surface area (Å²) in [5.74, 6) is 0.732. The zero-order valence-electron chi connectivity index (χ0n) is 19.2. The number of allylic oxidation sites excluding steroid dienone is 2. The molecule has 0 aliphatic carbocycles. The van der Waals surface area contributed by atoms with E-state index in [0.717, 1.165) is 5.75 Å². The number of ether oxygens (including phenoxy) is 2. The van der Waals surface area contributed by atoms with Crippen molar-refractivity contribution in [3.05, 3.63) is 58.3 Å². The summed E-state index contributed by atoms with van der Waals surface area (Å²) >= 11 is 9.95. The van der Waals surface area contributed by atoms with Crippen molar-refractivity contribution in [3.63, 3.8) is 0 Å². The number of halogens is 3. The molecule has 2 aliphatic heterocycles. The molecule has 0 aromatic heterocycles. The maximum Gasteiger partial charge on any atom is 3.00 e. The van der Waals surface area contributed by atoms with Gasteiger partial charge in [0.2, 0.25) is 11.5 Å². The van der Waals surface area contributed by atoms with Crippen LogP contribution in [0.3, 0.4) is 0 Å². The topological polar surface area (TPSA) is 294 Å². The number of ketones is 1. The standard InChI is InChI=1S/C6H8O3.C5H2Br2O2.C2H7NS.CH3F.Ga.H3NO3.2HNO3.H2/c1-3-5(7)6(8)4(2)9-3;6-2-4-3(7)1-5(8)9-4;3-1-2-4;1-2;;3*2-1(3)4;/h3,8H,1-2H3;1-2H;4H,1-3H2;1H3;;1-3H;2*(H,2,3,4);1H/q;;;;+3;;;;/b;4-2-;;;;;;;. The number of nitrogens with two attached hydrogens (primary N) is 1. The Hall–Kier alpha value is -1.96. The van der Waals surface area contributed by atoms with Crippen molar-refractivity contribution < 1.29 is 66.4 Å². The molecular weight excluding hydrogens is 729 g/mol. The van der Waals surface area contributed by atoms with Gasteiger partial charge in [0.05, 0.1) is 11.7 Å². The minimum absolute atomic E-state index is 0. The van der Waals surface area contributed by atoms with Crippen LogP contribution < -0.4 is 11.1 Å². The number of nitrogens with zero attached hydrogens (tertiary/aromatic N) is 2. The van der Waals surface area contributed by atoms with Crippen molar-refractivity contribution in [1.82, 2.24) is 0 Å². The molecule has 2 rings (SSSR count). The average Bonchev–Trinajstić information content (AvgIpc) is 3.20. The van der Waals surface area contributed by atoms with Gasteiger partial charge < -0.3 is 35.9 Å². The number of rotatable bonds is 1. The molecule has 2 heterocycles. The van der Waals surface area contributed by atoms with Gasteiger partial charge in [-0.15, -0.1) is 20.2 Å². The third-order valence-electron chi connectivity index (χ3n) is 2.21. The van der Waals surface area contributed by atoms with Gasteiger partial charge in [0, 0.05) is 24.8 Å². The zero-order chi connectivity index (χ0) is 30.0. The van der Waals surface area contributed by atoms with E-state index in [-0.39, 0.29) is 38.7 Å². The summed E-state index contributed by atoms with van der Waals surface area (Å²) in [6.45, 7) is 3.86. The number of Topliss-reactive ketones (excluding diaryl/α,β-unsaturated/α-hetero) is 1. The molecule has 0 aromatic carbocycles. The Balaban J connectivity index is -0.0000000621. The number of alkyl halides is 1. The van der Waals surface area contributed by atoms with E-state index in [1.807, 2.05) is 0 Å². The van der Waals surface area contributed by atoms with Crippen LogP contribution in [0.2, 0.25) is 0 Å². The van der Waals surface area contributed by atoms with Crippen LogP contribution in [0.4, 0.5) is 4.39 Å². The average molecular weight is 756 g/mol. The Bertz CT molecular complexity index is 744. The van der Waals surface area contributed by atoms with Gasteiger partial charge in [-0.1, -0.05) is 21.3 Å². The minimum Gasteiger partial charge on any atom is -0.566 e. The second-order valence-electron chi connectivity index (χ2n) is 4.69. The number of nitrogens with one attached hydrogen (secondary N) is 1. The summed E-state index contributed by atoms with van der Waals surface area (Å²) in [6, 6.07) is 0. The van der Waals surface area contributed by atoms with Crippen LogP contribution in [-0.4, -0.2) is 93.2 Å². The number of aliphatic hydroxyl groups excluding tert-OH is 1. The molecule has 0 bridgehead atoms. The molecule has 0 spiro atoms. The van der Waals surface area contributed by atoms with E-state index in [0.29, 0.717) is 29.7 Å². The van der Waals surface area contributed by atoms with Crippen LogP contribution in [-0.2, 0) is 19.1 Å². The molecular formula is C14H27Br2FGaN4O14S+3. The molecule has 1 unspecified atom stereocenters. The van der Waals surface area contributed by atoms with Crippen LogP contribution >= 0.6 is 44.5 Å². The molecule has 0 aromatic rings. The Labute approximate surface area is 245 Å². The van der Waals surface area contributed by atoms with Gasteiger partial charge in [-0.3, -0.25) is 9.18 Å². The Kier molecular flexibility index (Phi) is 41.7. The van der Waals surface area contributed by atoms with Crippen molar-refractivity contribution in [3.8, 4) is 0 Å². The molecule has 0 saturated carbocycles. The number of carbonyl (C=O) groups excluding carboxylic acids is 2. The molecule has 214 valence electrons. The van der Waals surface area contributed by atoms with Crippen LogP contribution in [0.15, 0.2) is 32.8 Å². The van der Waals surface area contributed by atoms with Crippen LogP contribution in [0.1, 0.15) is 15.3 Å². The van der Waals surface area contributed by atoms with E-state index in [2.05, 4.69) is 49.2 Å². The van der Waals surface area contributed by atoms with E-state index in [1.54, 1.807) is 18.8 Å². The second-order valence-corrected chi connectivity index (χ2v) is 6.45. The van der Waals surface area contributed by atoms with Crippen molar-refractivity contribution in [2.75, 3.05) is 19.5 Å². The molecule has 0 fully saturated rings. The number of cyclic esters (lactones) is 1. The van der Waals surface area contributed by atoms with E-state index in [9.17, 15) is 14.0 Å². The van der Waals surface area contributed by atoms with Crippen LogP contribution in [0, 0.1) is 25.4 Å². The fourth-order valence-corrected chi connectivity index (χ4v) is 2.21. The van der Waals surface area contributed by atoms with Gasteiger partial charge in [0.1, 0.15) is 5.76 Å².